The van der Waals surface area contributed by atoms with Crippen molar-refractivity contribution in [1.82, 2.24) is 5.32 Å². The molecule has 1 aliphatic rings. The maximum absolute atomic E-state index is 14.1. The molecule has 0 saturated carbocycles. The van der Waals surface area contributed by atoms with Gasteiger partial charge in [-0.2, -0.15) is 13.2 Å². The van der Waals surface area contributed by atoms with Crippen molar-refractivity contribution in [1.29, 1.82) is 0 Å². The first kappa shape index (κ1) is 23.7. The summed E-state index contributed by atoms with van der Waals surface area (Å²) in [6.45, 7) is 2.13. The second kappa shape index (κ2) is 9.27. The summed E-state index contributed by atoms with van der Waals surface area (Å²) in [5, 5.41) is 6.59. The highest BCUT2D eigenvalue weighted by Gasteiger charge is 2.62. The van der Waals surface area contributed by atoms with Crippen LogP contribution in [0.4, 0.5) is 13.2 Å². The molecule has 4 nitrogen and oxygen atoms in total. The number of benzene rings is 2. The van der Waals surface area contributed by atoms with Crippen LogP contribution in [0.15, 0.2) is 41.6 Å². The third kappa shape index (κ3) is 4.94. The number of alkyl halides is 4. The van der Waals surface area contributed by atoms with Crippen molar-refractivity contribution in [2.24, 2.45) is 5.16 Å². The lowest BCUT2D eigenvalue weighted by molar-refractivity contribution is -0.275. The number of carbonyl (C=O) groups excluding carboxylic acids is 1. The Kier molecular flexibility index (Phi) is 7.08. The zero-order valence-electron chi connectivity index (χ0n) is 16.3. The molecule has 1 unspecified atom stereocenters. The molecule has 0 aliphatic carbocycles. The second-order valence-electron chi connectivity index (χ2n) is 7.12. The molecule has 31 heavy (non-hydrogen) atoms. The number of carbonyl (C=O) groups is 1. The molecule has 2 aromatic carbocycles. The van der Waals surface area contributed by atoms with Crippen LogP contribution in [0.3, 0.4) is 0 Å². The summed E-state index contributed by atoms with van der Waals surface area (Å²) in [5.41, 5.74) is -1.40. The van der Waals surface area contributed by atoms with Crippen molar-refractivity contribution in [3.05, 3.63) is 68.7 Å². The smallest absolute Gasteiger partial charge is 0.374 e. The lowest BCUT2D eigenvalue weighted by atomic mass is 9.86. The molecule has 1 atom stereocenters. The molecule has 1 heterocycles. The number of rotatable bonds is 6. The first-order chi connectivity index (χ1) is 14.6. The Bertz CT molecular complexity index is 1010. The summed E-state index contributed by atoms with van der Waals surface area (Å²) < 4.78 is 42.3. The number of oxime groups is 1. The Morgan fingerprint density at radius 1 is 1.19 bits per heavy atom. The van der Waals surface area contributed by atoms with Gasteiger partial charge in [0.2, 0.25) is 0 Å². The van der Waals surface area contributed by atoms with Gasteiger partial charge in [-0.1, -0.05) is 34.4 Å². The molecular weight excluding hydrogens is 476 g/mol. The minimum atomic E-state index is -4.77. The zero-order chi connectivity index (χ0) is 22.8. The molecule has 0 saturated heterocycles. The molecule has 1 aliphatic heterocycles. The second-order valence-corrected chi connectivity index (χ2v) is 8.37. The molecule has 10 heteroatoms. The number of nitrogens with zero attached hydrogens (tertiary/aromatic N) is 1. The first-order valence-electron chi connectivity index (χ1n) is 9.31. The van der Waals surface area contributed by atoms with E-state index in [-0.39, 0.29) is 27.2 Å². The molecule has 2 aromatic rings. The molecule has 3 rings (SSSR count). The SMILES string of the molecule is Cc1cc(C2=NOC(c3cc(Cl)cc(Cl)c3)(C(F)(F)F)C2)ccc1C(=O)NCCCCl. The maximum Gasteiger partial charge on any atom is 0.435 e. The summed E-state index contributed by atoms with van der Waals surface area (Å²) in [4.78, 5) is 17.3. The van der Waals surface area contributed by atoms with E-state index < -0.39 is 18.2 Å². The number of aryl methyl sites for hydroxylation is 1. The van der Waals surface area contributed by atoms with E-state index in [4.69, 9.17) is 39.6 Å². The van der Waals surface area contributed by atoms with Gasteiger partial charge < -0.3 is 10.2 Å². The Hall–Kier alpha value is -1.96. The minimum absolute atomic E-state index is 0.0588. The van der Waals surface area contributed by atoms with Gasteiger partial charge in [-0.05, 0) is 54.8 Å². The molecule has 0 bridgehead atoms. The van der Waals surface area contributed by atoms with Crippen molar-refractivity contribution < 1.29 is 22.8 Å². The first-order valence-corrected chi connectivity index (χ1v) is 10.6. The highest BCUT2D eigenvalue weighted by molar-refractivity contribution is 6.34. The van der Waals surface area contributed by atoms with E-state index in [0.717, 1.165) is 0 Å². The van der Waals surface area contributed by atoms with Gasteiger partial charge in [-0.15, -0.1) is 11.6 Å². The van der Waals surface area contributed by atoms with Crippen molar-refractivity contribution in [3.63, 3.8) is 0 Å². The van der Waals surface area contributed by atoms with Gasteiger partial charge in [-0.25, -0.2) is 0 Å². The number of hydrogen-bond donors (Lipinski definition) is 1. The van der Waals surface area contributed by atoms with Crippen molar-refractivity contribution in [2.75, 3.05) is 12.4 Å². The van der Waals surface area contributed by atoms with Gasteiger partial charge >= 0.3 is 6.18 Å². The van der Waals surface area contributed by atoms with Crippen molar-refractivity contribution in [2.45, 2.75) is 31.5 Å². The van der Waals surface area contributed by atoms with Crippen LogP contribution in [0.5, 0.6) is 0 Å². The molecule has 1 N–H and O–H groups in total. The van der Waals surface area contributed by atoms with Gasteiger partial charge in [0.05, 0.1) is 5.71 Å². The van der Waals surface area contributed by atoms with Crippen LogP contribution in [-0.4, -0.2) is 30.2 Å². The van der Waals surface area contributed by atoms with Crippen LogP contribution in [0.25, 0.3) is 0 Å². The summed E-state index contributed by atoms with van der Waals surface area (Å²) in [7, 11) is 0. The molecule has 0 fully saturated rings. The molecule has 166 valence electrons. The van der Waals surface area contributed by atoms with Gasteiger partial charge in [0.15, 0.2) is 0 Å². The van der Waals surface area contributed by atoms with E-state index in [2.05, 4.69) is 10.5 Å². The summed E-state index contributed by atoms with van der Waals surface area (Å²) in [5.74, 6) is 0.147. The molecule has 1 amide bonds. The number of amides is 1. The van der Waals surface area contributed by atoms with Crippen LogP contribution < -0.4 is 5.32 Å². The van der Waals surface area contributed by atoms with Gasteiger partial charge in [0, 0.05) is 40.0 Å². The third-order valence-corrected chi connectivity index (χ3v) is 5.62. The quantitative estimate of drug-likeness (QED) is 0.382. The topological polar surface area (TPSA) is 50.7 Å². The average Bonchev–Trinajstić information content (AvgIpc) is 3.14. The van der Waals surface area contributed by atoms with E-state index in [1.807, 2.05) is 0 Å². The molecule has 0 spiro atoms. The average molecular weight is 494 g/mol. The summed E-state index contributed by atoms with van der Waals surface area (Å²) in [6.07, 6.45) is -4.71. The molecular formula is C21H18Cl3F3N2O2. The van der Waals surface area contributed by atoms with Crippen LogP contribution in [0.1, 0.15) is 39.9 Å². The molecule has 0 radical (unpaired) electrons. The Labute approximate surface area is 192 Å². The van der Waals surface area contributed by atoms with Crippen molar-refractivity contribution >= 4 is 46.4 Å². The Morgan fingerprint density at radius 3 is 2.45 bits per heavy atom. The fraction of sp³-hybridized carbons (Fsp3) is 0.333. The normalized spacial score (nSPS) is 18.5. The van der Waals surface area contributed by atoms with Gasteiger partial charge in [0.25, 0.3) is 11.5 Å². The van der Waals surface area contributed by atoms with Crippen LogP contribution in [-0.2, 0) is 10.4 Å². The maximum atomic E-state index is 14.1. The van der Waals surface area contributed by atoms with Crippen LogP contribution >= 0.6 is 34.8 Å². The third-order valence-electron chi connectivity index (χ3n) is 4.92. The van der Waals surface area contributed by atoms with Gasteiger partial charge in [-0.3, -0.25) is 4.79 Å². The van der Waals surface area contributed by atoms with E-state index in [0.29, 0.717) is 35.5 Å². The number of nitrogens with one attached hydrogen (secondary N) is 1. The van der Waals surface area contributed by atoms with Crippen LogP contribution in [0, 0.1) is 6.92 Å². The van der Waals surface area contributed by atoms with Crippen LogP contribution in [0.2, 0.25) is 10.0 Å². The van der Waals surface area contributed by atoms with E-state index in [1.165, 1.54) is 18.2 Å². The number of hydrogen-bond acceptors (Lipinski definition) is 3. The standard InChI is InChI=1S/C21H18Cl3F3N2O2/c1-12-7-13(3-4-17(12)19(30)28-6-2-5-22)18-11-20(31-29-18,21(25,26)27)14-8-15(23)10-16(24)9-14/h3-4,7-10H,2,5-6,11H2,1H3,(H,28,30). The van der Waals surface area contributed by atoms with Gasteiger partial charge in [0.1, 0.15) is 0 Å². The Balaban J connectivity index is 1.88. The minimum Gasteiger partial charge on any atom is -0.374 e. The lowest BCUT2D eigenvalue weighted by Gasteiger charge is -2.29. The predicted molar refractivity (Wildman–Crippen MR) is 115 cm³/mol. The fourth-order valence-corrected chi connectivity index (χ4v) is 3.97. The fourth-order valence-electron chi connectivity index (χ4n) is 3.31. The summed E-state index contributed by atoms with van der Waals surface area (Å²) in [6, 6.07) is 8.37. The van der Waals surface area contributed by atoms with E-state index in [9.17, 15) is 18.0 Å². The summed E-state index contributed by atoms with van der Waals surface area (Å²) >= 11 is 17.4. The predicted octanol–water partition coefficient (Wildman–Crippen LogP) is 6.24. The van der Waals surface area contributed by atoms with E-state index in [1.54, 1.807) is 25.1 Å². The Morgan fingerprint density at radius 2 is 1.87 bits per heavy atom. The van der Waals surface area contributed by atoms with Crippen molar-refractivity contribution in [3.8, 4) is 0 Å². The number of halogens is 6. The zero-order valence-corrected chi connectivity index (χ0v) is 18.6. The molecule has 0 aromatic heterocycles. The highest BCUT2D eigenvalue weighted by Crippen LogP contribution is 2.49. The highest BCUT2D eigenvalue weighted by atomic mass is 35.5. The monoisotopic (exact) mass is 492 g/mol. The lowest BCUT2D eigenvalue weighted by Crippen LogP contribution is -2.42. The van der Waals surface area contributed by atoms with E-state index >= 15 is 0 Å². The largest absolute Gasteiger partial charge is 0.435 e.